The van der Waals surface area contributed by atoms with Gasteiger partial charge in [0.2, 0.25) is 5.95 Å². The van der Waals surface area contributed by atoms with Crippen LogP contribution in [-0.2, 0) is 19.1 Å². The van der Waals surface area contributed by atoms with Crippen molar-refractivity contribution in [2.75, 3.05) is 33.0 Å². The van der Waals surface area contributed by atoms with Gasteiger partial charge in [0.05, 0.1) is 30.7 Å². The van der Waals surface area contributed by atoms with E-state index in [1.54, 1.807) is 33.1 Å². The summed E-state index contributed by atoms with van der Waals surface area (Å²) in [6.45, 7) is 0.294. The van der Waals surface area contributed by atoms with Gasteiger partial charge in [-0.25, -0.2) is 14.6 Å². The van der Waals surface area contributed by atoms with Crippen LogP contribution in [0.5, 0.6) is 0 Å². The summed E-state index contributed by atoms with van der Waals surface area (Å²) in [4.78, 5) is 52.1. The standard InChI is InChI=1S/C25H29N7O5/c1-30-7-3-5-15(10-30)23(34)36-12-17-9-19(32-14-27-20-21(32)28-25(26)29-22(20)33)18(17)13-37-24(35)16-6-4-8-31(2)11-16/h3-4,7-8,10-11,14,17-19H,5-6,9,12-13H2,1-2H3,(H3,26,28,29,33)/t17-,18+,19-/m1/s1. The number of nitrogen functional groups attached to an aromatic ring is 1. The zero-order valence-corrected chi connectivity index (χ0v) is 20.7. The number of carbonyl (C=O) groups is 2. The molecule has 0 bridgehead atoms. The molecule has 1 saturated carbocycles. The number of H-pyrrole nitrogens is 1. The van der Waals surface area contributed by atoms with Gasteiger partial charge < -0.3 is 29.6 Å². The summed E-state index contributed by atoms with van der Waals surface area (Å²) in [5.74, 6) is -1.01. The number of imidazole rings is 1. The second kappa shape index (κ2) is 9.96. The van der Waals surface area contributed by atoms with Gasteiger partial charge in [0.15, 0.2) is 11.2 Å². The first-order valence-corrected chi connectivity index (χ1v) is 12.1. The van der Waals surface area contributed by atoms with Gasteiger partial charge in [-0.1, -0.05) is 12.2 Å². The zero-order chi connectivity index (χ0) is 26.1. The van der Waals surface area contributed by atoms with Crippen molar-refractivity contribution >= 4 is 29.1 Å². The third-order valence-corrected chi connectivity index (χ3v) is 6.89. The van der Waals surface area contributed by atoms with Gasteiger partial charge in [-0.2, -0.15) is 4.98 Å². The Bertz CT molecular complexity index is 1400. The number of esters is 2. The highest BCUT2D eigenvalue weighted by molar-refractivity contribution is 5.89. The number of hydrogen-bond donors (Lipinski definition) is 2. The number of rotatable bonds is 7. The third kappa shape index (κ3) is 4.99. The minimum atomic E-state index is -0.421. The highest BCUT2D eigenvalue weighted by atomic mass is 16.5. The smallest absolute Gasteiger partial charge is 0.335 e. The molecule has 2 aromatic rings. The molecule has 5 rings (SSSR count). The third-order valence-electron chi connectivity index (χ3n) is 6.89. The average Bonchev–Trinajstić information content (AvgIpc) is 3.26. The van der Waals surface area contributed by atoms with Gasteiger partial charge >= 0.3 is 11.9 Å². The lowest BCUT2D eigenvalue weighted by Gasteiger charge is -2.44. The van der Waals surface area contributed by atoms with E-state index >= 15 is 0 Å². The van der Waals surface area contributed by atoms with Crippen LogP contribution in [0.15, 0.2) is 59.2 Å². The van der Waals surface area contributed by atoms with Crippen molar-refractivity contribution in [3.8, 4) is 0 Å². The molecular weight excluding hydrogens is 478 g/mol. The largest absolute Gasteiger partial charge is 0.462 e. The summed E-state index contributed by atoms with van der Waals surface area (Å²) in [7, 11) is 3.69. The summed E-state index contributed by atoms with van der Waals surface area (Å²) in [6, 6.07) is -0.166. The Kier molecular flexibility index (Phi) is 6.55. The summed E-state index contributed by atoms with van der Waals surface area (Å²) in [5.41, 5.74) is 7.02. The second-order valence-electron chi connectivity index (χ2n) is 9.52. The molecule has 1 fully saturated rings. The van der Waals surface area contributed by atoms with Crippen molar-refractivity contribution in [3.05, 3.63) is 64.8 Å². The number of ether oxygens (including phenoxy) is 2. The predicted octanol–water partition coefficient (Wildman–Crippen LogP) is 1.43. The summed E-state index contributed by atoms with van der Waals surface area (Å²) < 4.78 is 13.1. The van der Waals surface area contributed by atoms with Crippen molar-refractivity contribution in [1.82, 2.24) is 29.3 Å². The molecule has 3 aliphatic rings. The Labute approximate surface area is 212 Å². The summed E-state index contributed by atoms with van der Waals surface area (Å²) in [5, 5.41) is 0. The van der Waals surface area contributed by atoms with E-state index in [0.29, 0.717) is 36.1 Å². The summed E-state index contributed by atoms with van der Waals surface area (Å²) in [6.07, 6.45) is 14.2. The average molecular weight is 508 g/mol. The minimum Gasteiger partial charge on any atom is -0.462 e. The van der Waals surface area contributed by atoms with Crippen LogP contribution in [0.25, 0.3) is 11.2 Å². The number of fused-ring (bicyclic) bond motifs is 1. The highest BCUT2D eigenvalue weighted by Gasteiger charge is 2.44. The molecule has 3 N–H and O–H groups in total. The number of anilines is 1. The number of aromatic amines is 1. The van der Waals surface area contributed by atoms with Crippen LogP contribution in [0.4, 0.5) is 5.95 Å². The van der Waals surface area contributed by atoms with Crippen molar-refractivity contribution in [1.29, 1.82) is 0 Å². The SMILES string of the molecule is CN1C=CCC(C(=O)OC[C@H]2C[C@@H](n3cnc4c(=O)[nH]c(N)nc43)[C@H]2COC(=O)C2=CN(C)C=CC2)=C1. The van der Waals surface area contributed by atoms with Crippen molar-refractivity contribution < 1.29 is 19.1 Å². The molecule has 2 aromatic heterocycles. The maximum absolute atomic E-state index is 12.7. The molecule has 4 heterocycles. The van der Waals surface area contributed by atoms with Crippen molar-refractivity contribution in [2.24, 2.45) is 11.8 Å². The molecular formula is C25H29N7O5. The lowest BCUT2D eigenvalue weighted by molar-refractivity contribution is -0.150. The molecule has 12 nitrogen and oxygen atoms in total. The fraction of sp³-hybridized carbons (Fsp3) is 0.400. The van der Waals surface area contributed by atoms with Gasteiger partial charge in [0.25, 0.3) is 5.56 Å². The number of hydrogen-bond acceptors (Lipinski definition) is 10. The lowest BCUT2D eigenvalue weighted by atomic mass is 9.69. The molecule has 12 heteroatoms. The van der Waals surface area contributed by atoms with Gasteiger partial charge in [0.1, 0.15) is 0 Å². The van der Waals surface area contributed by atoms with E-state index in [-0.39, 0.29) is 48.5 Å². The minimum absolute atomic E-state index is 0.00628. The van der Waals surface area contributed by atoms with Crippen LogP contribution in [-0.4, -0.2) is 68.6 Å². The van der Waals surface area contributed by atoms with Crippen molar-refractivity contribution in [3.63, 3.8) is 0 Å². The Morgan fingerprint density at radius 1 is 1.05 bits per heavy atom. The molecule has 0 amide bonds. The van der Waals surface area contributed by atoms with E-state index in [1.165, 1.54) is 0 Å². The Morgan fingerprint density at radius 2 is 1.68 bits per heavy atom. The second-order valence-corrected chi connectivity index (χ2v) is 9.52. The van der Waals surface area contributed by atoms with Crippen LogP contribution in [0, 0.1) is 11.8 Å². The monoisotopic (exact) mass is 507 g/mol. The maximum Gasteiger partial charge on any atom is 0.335 e. The summed E-state index contributed by atoms with van der Waals surface area (Å²) >= 11 is 0. The van der Waals surface area contributed by atoms with Crippen LogP contribution in [0.1, 0.15) is 25.3 Å². The number of allylic oxidation sites excluding steroid dienone is 2. The van der Waals surface area contributed by atoms with Crippen LogP contribution in [0.3, 0.4) is 0 Å². The fourth-order valence-corrected chi connectivity index (χ4v) is 4.91. The number of nitrogens with one attached hydrogen (secondary N) is 1. The lowest BCUT2D eigenvalue weighted by Crippen LogP contribution is -2.44. The Balaban J connectivity index is 1.32. The van der Waals surface area contributed by atoms with E-state index in [9.17, 15) is 14.4 Å². The van der Waals surface area contributed by atoms with Gasteiger partial charge in [-0.3, -0.25) is 9.78 Å². The van der Waals surface area contributed by atoms with Crippen LogP contribution >= 0.6 is 0 Å². The van der Waals surface area contributed by atoms with E-state index in [0.717, 1.165) is 0 Å². The first-order valence-electron chi connectivity index (χ1n) is 12.1. The normalized spacial score (nSPS) is 22.9. The first-order chi connectivity index (χ1) is 17.8. The fourth-order valence-electron chi connectivity index (χ4n) is 4.91. The quantitative estimate of drug-likeness (QED) is 0.527. The van der Waals surface area contributed by atoms with Crippen molar-refractivity contribution in [2.45, 2.75) is 25.3 Å². The van der Waals surface area contributed by atoms with Crippen LogP contribution < -0.4 is 11.3 Å². The van der Waals surface area contributed by atoms with Crippen LogP contribution in [0.2, 0.25) is 0 Å². The molecule has 0 radical (unpaired) electrons. The van der Waals surface area contributed by atoms with Gasteiger partial charge in [-0.05, 0) is 18.8 Å². The van der Waals surface area contributed by atoms with Gasteiger partial charge in [0, 0.05) is 57.2 Å². The first kappa shape index (κ1) is 24.3. The molecule has 37 heavy (non-hydrogen) atoms. The molecule has 2 aliphatic heterocycles. The molecule has 3 atom stereocenters. The molecule has 0 spiro atoms. The number of nitrogens with two attached hydrogens (primary N) is 1. The van der Waals surface area contributed by atoms with E-state index in [2.05, 4.69) is 15.0 Å². The number of aromatic nitrogens is 4. The highest BCUT2D eigenvalue weighted by Crippen LogP contribution is 2.45. The topological polar surface area (TPSA) is 149 Å². The molecule has 0 aromatic carbocycles. The predicted molar refractivity (Wildman–Crippen MR) is 134 cm³/mol. The Hall–Kier alpha value is -4.35. The Morgan fingerprint density at radius 3 is 2.30 bits per heavy atom. The molecule has 0 saturated heterocycles. The van der Waals surface area contributed by atoms with E-state index in [1.807, 2.05) is 38.6 Å². The molecule has 1 aliphatic carbocycles. The van der Waals surface area contributed by atoms with Gasteiger partial charge in [-0.15, -0.1) is 0 Å². The molecule has 194 valence electrons. The van der Waals surface area contributed by atoms with E-state index in [4.69, 9.17) is 15.2 Å². The molecule has 0 unspecified atom stereocenters. The maximum atomic E-state index is 12.7. The number of carbonyl (C=O) groups excluding carboxylic acids is 2. The number of nitrogens with zero attached hydrogens (tertiary/aromatic N) is 5. The van der Waals surface area contributed by atoms with E-state index < -0.39 is 11.5 Å². The zero-order valence-electron chi connectivity index (χ0n) is 20.7.